The highest BCUT2D eigenvalue weighted by molar-refractivity contribution is 7.80. The topological polar surface area (TPSA) is 171 Å². The van der Waals surface area contributed by atoms with Crippen LogP contribution in [-0.2, 0) is 25.6 Å². The first-order chi connectivity index (χ1) is 15.2. The molecule has 5 unspecified atom stereocenters. The number of carboxylic acids is 1. The Morgan fingerprint density at radius 1 is 1.34 bits per heavy atom. The molecule has 0 saturated carbocycles. The lowest BCUT2D eigenvalue weighted by Crippen LogP contribution is -2.59. The Kier molecular flexibility index (Phi) is 9.51. The molecule has 5 atom stereocenters. The highest BCUT2D eigenvalue weighted by Gasteiger charge is 2.40. The van der Waals surface area contributed by atoms with Crippen molar-refractivity contribution >= 4 is 36.3 Å². The van der Waals surface area contributed by atoms with Gasteiger partial charge >= 0.3 is 5.97 Å². The lowest BCUT2D eigenvalue weighted by atomic mass is 9.96. The molecule has 1 fully saturated rings. The van der Waals surface area contributed by atoms with Crippen molar-refractivity contribution in [2.75, 3.05) is 12.3 Å². The summed E-state index contributed by atoms with van der Waals surface area (Å²) in [5, 5.41) is 14.8. The van der Waals surface area contributed by atoms with E-state index in [0.717, 1.165) is 0 Å². The van der Waals surface area contributed by atoms with Gasteiger partial charge in [-0.15, -0.1) is 0 Å². The molecule has 1 aromatic rings. The van der Waals surface area contributed by atoms with Gasteiger partial charge in [0.25, 0.3) is 0 Å². The number of hydrogen-bond donors (Lipinski definition) is 6. The lowest BCUT2D eigenvalue weighted by Gasteiger charge is -2.31. The van der Waals surface area contributed by atoms with Crippen LogP contribution in [0.4, 0.5) is 0 Å². The van der Waals surface area contributed by atoms with Gasteiger partial charge in [-0.3, -0.25) is 14.4 Å². The van der Waals surface area contributed by atoms with Crippen LogP contribution in [0, 0.1) is 5.92 Å². The van der Waals surface area contributed by atoms with Gasteiger partial charge < -0.3 is 31.4 Å². The van der Waals surface area contributed by atoms with E-state index in [4.69, 9.17) is 5.73 Å². The third-order valence-corrected chi connectivity index (χ3v) is 6.14. The van der Waals surface area contributed by atoms with Crippen LogP contribution in [0.2, 0.25) is 0 Å². The number of H-pyrrole nitrogens is 1. The molecule has 0 bridgehead atoms. The lowest BCUT2D eigenvalue weighted by molar-refractivity contribution is -0.150. The number of nitrogens with two attached hydrogens (primary N) is 1. The third-order valence-electron chi connectivity index (χ3n) is 5.74. The number of carbonyl (C=O) groups excluding carboxylic acids is 3. The summed E-state index contributed by atoms with van der Waals surface area (Å²) in [6.07, 6.45) is 4.65. The van der Waals surface area contributed by atoms with E-state index in [1.54, 1.807) is 0 Å². The number of imidazole rings is 1. The summed E-state index contributed by atoms with van der Waals surface area (Å²) in [6, 6.07) is -3.74. The number of rotatable bonds is 11. The molecule has 2 heterocycles. The number of aliphatic carboxylic acids is 1. The smallest absolute Gasteiger partial charge is 0.326 e. The molecular weight excluding hydrogens is 436 g/mol. The van der Waals surface area contributed by atoms with Crippen molar-refractivity contribution in [1.29, 1.82) is 0 Å². The SMILES string of the molecule is CCC(C)C(NC(=O)C(Cc1cnc[nH]1)NC(=O)C(N)CS)C(=O)N1CCCC1C(=O)O. The van der Waals surface area contributed by atoms with Crippen LogP contribution >= 0.6 is 12.6 Å². The van der Waals surface area contributed by atoms with E-state index in [-0.39, 0.29) is 18.1 Å². The van der Waals surface area contributed by atoms with Crippen LogP contribution in [-0.4, -0.2) is 80.1 Å². The van der Waals surface area contributed by atoms with Gasteiger partial charge in [0.1, 0.15) is 18.1 Å². The maximum absolute atomic E-state index is 13.2. The average molecular weight is 469 g/mol. The maximum atomic E-state index is 13.2. The molecule has 0 spiro atoms. The fourth-order valence-corrected chi connectivity index (χ4v) is 3.76. The van der Waals surface area contributed by atoms with E-state index >= 15 is 0 Å². The van der Waals surface area contributed by atoms with Crippen molar-refractivity contribution in [3.05, 3.63) is 18.2 Å². The zero-order valence-corrected chi connectivity index (χ0v) is 19.2. The minimum absolute atomic E-state index is 0.101. The van der Waals surface area contributed by atoms with Gasteiger partial charge in [-0.1, -0.05) is 20.3 Å². The van der Waals surface area contributed by atoms with Gasteiger partial charge in [0.15, 0.2) is 0 Å². The number of aromatic amines is 1. The first kappa shape index (κ1) is 25.7. The van der Waals surface area contributed by atoms with E-state index in [9.17, 15) is 24.3 Å². The molecule has 178 valence electrons. The molecule has 12 heteroatoms. The fourth-order valence-electron chi connectivity index (χ4n) is 3.59. The summed E-state index contributed by atoms with van der Waals surface area (Å²) >= 11 is 4.01. The molecule has 32 heavy (non-hydrogen) atoms. The Balaban J connectivity index is 2.22. The fraction of sp³-hybridized carbons (Fsp3) is 0.650. The van der Waals surface area contributed by atoms with E-state index < -0.39 is 47.9 Å². The van der Waals surface area contributed by atoms with Crippen molar-refractivity contribution in [2.24, 2.45) is 11.7 Å². The van der Waals surface area contributed by atoms with Crippen molar-refractivity contribution < 1.29 is 24.3 Å². The normalized spacial score (nSPS) is 19.6. The predicted octanol–water partition coefficient (Wildman–Crippen LogP) is -0.699. The van der Waals surface area contributed by atoms with Crippen molar-refractivity contribution in [1.82, 2.24) is 25.5 Å². The summed E-state index contributed by atoms with van der Waals surface area (Å²) < 4.78 is 0. The second-order valence-corrected chi connectivity index (χ2v) is 8.40. The number of amides is 3. The van der Waals surface area contributed by atoms with Crippen LogP contribution in [0.15, 0.2) is 12.5 Å². The Morgan fingerprint density at radius 2 is 2.06 bits per heavy atom. The summed E-state index contributed by atoms with van der Waals surface area (Å²) in [7, 11) is 0. The molecule has 3 amide bonds. The first-order valence-electron chi connectivity index (χ1n) is 10.7. The molecule has 0 radical (unpaired) electrons. The van der Waals surface area contributed by atoms with Gasteiger partial charge in [0.05, 0.1) is 12.4 Å². The van der Waals surface area contributed by atoms with E-state index in [2.05, 4.69) is 33.2 Å². The minimum atomic E-state index is -1.06. The molecular formula is C20H32N6O5S. The second kappa shape index (κ2) is 11.9. The Labute approximate surface area is 192 Å². The van der Waals surface area contributed by atoms with Crippen molar-refractivity contribution in [3.8, 4) is 0 Å². The Bertz CT molecular complexity index is 804. The number of thiol groups is 1. The van der Waals surface area contributed by atoms with Crippen LogP contribution < -0.4 is 16.4 Å². The van der Waals surface area contributed by atoms with Gasteiger partial charge in [0, 0.05) is 30.6 Å². The third kappa shape index (κ3) is 6.45. The minimum Gasteiger partial charge on any atom is -0.480 e. The number of carboxylic acid groups (broad SMARTS) is 1. The molecule has 0 aliphatic carbocycles. The molecule has 0 aromatic carbocycles. The van der Waals surface area contributed by atoms with E-state index in [1.807, 2.05) is 13.8 Å². The van der Waals surface area contributed by atoms with Gasteiger partial charge in [-0.25, -0.2) is 9.78 Å². The molecule has 11 nitrogen and oxygen atoms in total. The van der Waals surface area contributed by atoms with Crippen LogP contribution in [0.1, 0.15) is 38.8 Å². The van der Waals surface area contributed by atoms with Gasteiger partial charge in [-0.05, 0) is 18.8 Å². The van der Waals surface area contributed by atoms with Crippen molar-refractivity contribution in [2.45, 2.75) is 63.7 Å². The van der Waals surface area contributed by atoms with E-state index in [0.29, 0.717) is 31.5 Å². The number of hydrogen-bond acceptors (Lipinski definition) is 7. The standard InChI is InChI=1S/C20H32N6O5S/c1-3-11(2)16(19(29)26-6-4-5-15(26)20(30)31)25-18(28)14(7-12-8-22-10-23-12)24-17(27)13(21)9-32/h8,10-11,13-16,32H,3-7,9,21H2,1-2H3,(H,22,23)(H,24,27)(H,25,28)(H,30,31). The summed E-state index contributed by atoms with van der Waals surface area (Å²) in [5.74, 6) is -2.75. The van der Waals surface area contributed by atoms with Crippen LogP contribution in [0.25, 0.3) is 0 Å². The molecule has 1 aromatic heterocycles. The average Bonchev–Trinajstić information content (AvgIpc) is 3.47. The number of carbonyl (C=O) groups is 4. The second-order valence-electron chi connectivity index (χ2n) is 8.03. The first-order valence-corrected chi connectivity index (χ1v) is 11.3. The molecule has 2 rings (SSSR count). The monoisotopic (exact) mass is 468 g/mol. The summed E-state index contributed by atoms with van der Waals surface area (Å²) in [4.78, 5) is 58.4. The number of likely N-dealkylation sites (tertiary alicyclic amines) is 1. The van der Waals surface area contributed by atoms with Gasteiger partial charge in [0.2, 0.25) is 17.7 Å². The zero-order valence-electron chi connectivity index (χ0n) is 18.3. The number of nitrogens with zero attached hydrogens (tertiary/aromatic N) is 2. The summed E-state index contributed by atoms with van der Waals surface area (Å²) in [5.41, 5.74) is 6.34. The molecule has 1 aliphatic heterocycles. The van der Waals surface area contributed by atoms with Gasteiger partial charge in [-0.2, -0.15) is 12.6 Å². The van der Waals surface area contributed by atoms with Crippen LogP contribution in [0.3, 0.4) is 0 Å². The quantitative estimate of drug-likeness (QED) is 0.233. The summed E-state index contributed by atoms with van der Waals surface area (Å²) in [6.45, 7) is 4.02. The molecule has 1 saturated heterocycles. The Hall–Kier alpha value is -2.60. The Morgan fingerprint density at radius 3 is 2.62 bits per heavy atom. The highest BCUT2D eigenvalue weighted by atomic mass is 32.1. The number of nitrogens with one attached hydrogen (secondary N) is 3. The van der Waals surface area contributed by atoms with Crippen LogP contribution in [0.5, 0.6) is 0 Å². The highest BCUT2D eigenvalue weighted by Crippen LogP contribution is 2.21. The molecule has 1 aliphatic rings. The largest absolute Gasteiger partial charge is 0.480 e. The maximum Gasteiger partial charge on any atom is 0.326 e. The zero-order chi connectivity index (χ0) is 23.8. The predicted molar refractivity (Wildman–Crippen MR) is 120 cm³/mol. The van der Waals surface area contributed by atoms with E-state index in [1.165, 1.54) is 17.4 Å². The van der Waals surface area contributed by atoms with Crippen molar-refractivity contribution in [3.63, 3.8) is 0 Å². The number of aromatic nitrogens is 2. The molecule has 6 N–H and O–H groups in total.